The zero-order valence-electron chi connectivity index (χ0n) is 7.75. The number of amides is 1. The van der Waals surface area contributed by atoms with Crippen molar-refractivity contribution in [3.8, 4) is 0 Å². The average Bonchev–Trinajstić information content (AvgIpc) is 2.18. The number of nitrogens with zero attached hydrogens (tertiary/aromatic N) is 2. The third-order valence-electron chi connectivity index (χ3n) is 1.56. The van der Waals surface area contributed by atoms with Crippen LogP contribution in [-0.2, 0) is 0 Å². The van der Waals surface area contributed by atoms with E-state index in [2.05, 4.69) is 4.99 Å². The third kappa shape index (κ3) is 3.70. The Labute approximate surface area is 102 Å². The van der Waals surface area contributed by atoms with Crippen molar-refractivity contribution in [2.75, 3.05) is 7.05 Å². The van der Waals surface area contributed by atoms with Crippen molar-refractivity contribution in [3.05, 3.63) is 28.2 Å². The standard InChI is InChI=1S/C9H7Cl3N2O/c1-14(9(12)15)5-13-8-4-6(10)2-3-7(8)11/h2-5H,1H3. The van der Waals surface area contributed by atoms with E-state index >= 15 is 0 Å². The number of benzene rings is 1. The van der Waals surface area contributed by atoms with Crippen LogP contribution in [0.5, 0.6) is 0 Å². The van der Waals surface area contributed by atoms with Crippen LogP contribution in [0.15, 0.2) is 23.2 Å². The van der Waals surface area contributed by atoms with Crippen LogP contribution in [0.3, 0.4) is 0 Å². The molecule has 0 unspecified atom stereocenters. The molecular formula is C9H7Cl3N2O. The van der Waals surface area contributed by atoms with Gasteiger partial charge in [-0.2, -0.15) is 0 Å². The molecule has 1 rings (SSSR count). The van der Waals surface area contributed by atoms with Gasteiger partial charge in [0.2, 0.25) is 0 Å². The molecule has 0 bridgehead atoms. The van der Waals surface area contributed by atoms with Crippen LogP contribution in [0.1, 0.15) is 0 Å². The molecule has 0 N–H and O–H groups in total. The zero-order valence-corrected chi connectivity index (χ0v) is 10.0. The lowest BCUT2D eigenvalue weighted by Gasteiger charge is -2.05. The lowest BCUT2D eigenvalue weighted by atomic mass is 10.3. The van der Waals surface area contributed by atoms with Gasteiger partial charge in [0.1, 0.15) is 0 Å². The second-order valence-electron chi connectivity index (χ2n) is 2.70. The molecule has 6 heteroatoms. The minimum Gasteiger partial charge on any atom is -0.292 e. The highest BCUT2D eigenvalue weighted by Gasteiger charge is 2.02. The summed E-state index contributed by atoms with van der Waals surface area (Å²) < 4.78 is 0. The van der Waals surface area contributed by atoms with Crippen LogP contribution in [0.2, 0.25) is 10.0 Å². The molecule has 1 aromatic rings. The summed E-state index contributed by atoms with van der Waals surface area (Å²) in [6.45, 7) is 0. The smallest absolute Gasteiger partial charge is 0.292 e. The molecule has 0 aliphatic rings. The molecule has 0 aliphatic carbocycles. The van der Waals surface area contributed by atoms with E-state index in [0.717, 1.165) is 4.90 Å². The Kier molecular flexibility index (Phi) is 4.39. The number of hydrogen-bond acceptors (Lipinski definition) is 2. The topological polar surface area (TPSA) is 32.7 Å². The zero-order chi connectivity index (χ0) is 11.4. The van der Waals surface area contributed by atoms with E-state index in [1.165, 1.54) is 13.4 Å². The number of rotatable bonds is 2. The minimum absolute atomic E-state index is 0.450. The summed E-state index contributed by atoms with van der Waals surface area (Å²) in [5.74, 6) is 0. The molecule has 0 saturated heterocycles. The second kappa shape index (κ2) is 5.35. The van der Waals surface area contributed by atoms with E-state index in [0.29, 0.717) is 15.7 Å². The first kappa shape index (κ1) is 12.3. The normalized spacial score (nSPS) is 10.7. The fraction of sp³-hybridized carbons (Fsp3) is 0.111. The highest BCUT2D eigenvalue weighted by atomic mass is 35.5. The number of carbonyl (C=O) groups is 1. The first-order valence-electron chi connectivity index (χ1n) is 3.92. The molecule has 0 fully saturated rings. The summed E-state index contributed by atoms with van der Waals surface area (Å²) in [4.78, 5) is 15.7. The summed E-state index contributed by atoms with van der Waals surface area (Å²) in [7, 11) is 1.48. The summed E-state index contributed by atoms with van der Waals surface area (Å²) in [6, 6.07) is 4.87. The lowest BCUT2D eigenvalue weighted by Crippen LogP contribution is -2.18. The van der Waals surface area contributed by atoms with Crippen molar-refractivity contribution in [3.63, 3.8) is 0 Å². The molecular weight excluding hydrogens is 258 g/mol. The predicted octanol–water partition coefficient (Wildman–Crippen LogP) is 3.94. The Hall–Kier alpha value is -0.770. The third-order valence-corrected chi connectivity index (χ3v) is 2.38. The molecule has 80 valence electrons. The van der Waals surface area contributed by atoms with E-state index in [9.17, 15) is 4.79 Å². The van der Waals surface area contributed by atoms with E-state index in [1.54, 1.807) is 18.2 Å². The quantitative estimate of drug-likeness (QED) is 0.345. The number of hydrogen-bond donors (Lipinski definition) is 0. The molecule has 0 radical (unpaired) electrons. The van der Waals surface area contributed by atoms with E-state index in [-0.39, 0.29) is 0 Å². The lowest BCUT2D eigenvalue weighted by molar-refractivity contribution is 0.248. The summed E-state index contributed by atoms with van der Waals surface area (Å²) in [6.07, 6.45) is 1.27. The fourth-order valence-corrected chi connectivity index (χ4v) is 1.16. The minimum atomic E-state index is -0.628. The van der Waals surface area contributed by atoms with Crippen molar-refractivity contribution < 1.29 is 4.79 Å². The first-order chi connectivity index (χ1) is 7.00. The predicted molar refractivity (Wildman–Crippen MR) is 63.6 cm³/mol. The molecule has 1 amide bonds. The van der Waals surface area contributed by atoms with Gasteiger partial charge in [-0.1, -0.05) is 23.2 Å². The Morgan fingerprint density at radius 3 is 2.73 bits per heavy atom. The van der Waals surface area contributed by atoms with Gasteiger partial charge < -0.3 is 0 Å². The van der Waals surface area contributed by atoms with Gasteiger partial charge in [0, 0.05) is 12.1 Å². The summed E-state index contributed by atoms with van der Waals surface area (Å²) >= 11 is 16.8. The van der Waals surface area contributed by atoms with Crippen LogP contribution in [0, 0.1) is 0 Å². The SMILES string of the molecule is CN(C=Nc1cc(Cl)ccc1Cl)C(=O)Cl. The maximum atomic E-state index is 10.7. The van der Waals surface area contributed by atoms with Crippen LogP contribution >= 0.6 is 34.8 Å². The summed E-state index contributed by atoms with van der Waals surface area (Å²) in [5, 5.41) is 0.342. The molecule has 0 heterocycles. The Bertz CT molecular complexity index is 406. The maximum Gasteiger partial charge on any atom is 0.321 e. The second-order valence-corrected chi connectivity index (χ2v) is 3.87. The van der Waals surface area contributed by atoms with Crippen LogP contribution in [0.4, 0.5) is 10.5 Å². The van der Waals surface area contributed by atoms with Crippen LogP contribution in [-0.4, -0.2) is 23.7 Å². The molecule has 0 saturated carbocycles. The molecule has 15 heavy (non-hydrogen) atoms. The number of aliphatic imine (C=N–C) groups is 1. The molecule has 3 nitrogen and oxygen atoms in total. The average molecular weight is 266 g/mol. The number of halogens is 3. The van der Waals surface area contributed by atoms with Crippen molar-refractivity contribution >= 4 is 52.2 Å². The Balaban J connectivity index is 2.89. The van der Waals surface area contributed by atoms with Gasteiger partial charge in [-0.25, -0.2) is 4.99 Å². The van der Waals surface area contributed by atoms with Gasteiger partial charge in [0.25, 0.3) is 0 Å². The molecule has 0 aliphatic heterocycles. The van der Waals surface area contributed by atoms with E-state index < -0.39 is 5.37 Å². The van der Waals surface area contributed by atoms with Crippen molar-refractivity contribution in [1.29, 1.82) is 0 Å². The van der Waals surface area contributed by atoms with Crippen LogP contribution < -0.4 is 0 Å². The van der Waals surface area contributed by atoms with Gasteiger partial charge in [-0.3, -0.25) is 9.69 Å². The summed E-state index contributed by atoms with van der Waals surface area (Å²) in [5.41, 5.74) is 0.480. The Morgan fingerprint density at radius 2 is 2.13 bits per heavy atom. The first-order valence-corrected chi connectivity index (χ1v) is 5.05. The van der Waals surface area contributed by atoms with Crippen molar-refractivity contribution in [2.24, 2.45) is 4.99 Å². The fourth-order valence-electron chi connectivity index (χ4n) is 0.779. The van der Waals surface area contributed by atoms with Crippen molar-refractivity contribution in [1.82, 2.24) is 4.90 Å². The van der Waals surface area contributed by atoms with Gasteiger partial charge >= 0.3 is 5.37 Å². The maximum absolute atomic E-state index is 10.7. The molecule has 0 spiro atoms. The highest BCUT2D eigenvalue weighted by molar-refractivity contribution is 6.63. The van der Waals surface area contributed by atoms with Gasteiger partial charge in [-0.05, 0) is 29.8 Å². The van der Waals surface area contributed by atoms with Gasteiger partial charge in [0.15, 0.2) is 0 Å². The van der Waals surface area contributed by atoms with Crippen molar-refractivity contribution in [2.45, 2.75) is 0 Å². The van der Waals surface area contributed by atoms with Crippen LogP contribution in [0.25, 0.3) is 0 Å². The monoisotopic (exact) mass is 264 g/mol. The van der Waals surface area contributed by atoms with Gasteiger partial charge in [0.05, 0.1) is 17.0 Å². The highest BCUT2D eigenvalue weighted by Crippen LogP contribution is 2.27. The molecule has 0 aromatic heterocycles. The number of carbonyl (C=O) groups excluding carboxylic acids is 1. The molecule has 0 atom stereocenters. The largest absolute Gasteiger partial charge is 0.321 e. The van der Waals surface area contributed by atoms with E-state index in [1.807, 2.05) is 0 Å². The molecule has 1 aromatic carbocycles. The van der Waals surface area contributed by atoms with Gasteiger partial charge in [-0.15, -0.1) is 0 Å². The van der Waals surface area contributed by atoms with E-state index in [4.69, 9.17) is 34.8 Å². The Morgan fingerprint density at radius 1 is 1.47 bits per heavy atom.